The van der Waals surface area contributed by atoms with Gasteiger partial charge in [0.05, 0.1) is 14.2 Å². The van der Waals surface area contributed by atoms with Crippen molar-refractivity contribution in [2.24, 2.45) is 5.41 Å². The van der Waals surface area contributed by atoms with E-state index < -0.39 is 32.1 Å². The zero-order valence-electron chi connectivity index (χ0n) is 16.5. The topological polar surface area (TPSA) is 78.9 Å². The Labute approximate surface area is 153 Å². The van der Waals surface area contributed by atoms with Crippen LogP contribution < -0.4 is 0 Å². The summed E-state index contributed by atoms with van der Waals surface area (Å²) in [5, 5.41) is 0. The van der Waals surface area contributed by atoms with Crippen molar-refractivity contribution in [1.82, 2.24) is 0 Å². The van der Waals surface area contributed by atoms with Gasteiger partial charge in [-0.15, -0.1) is 0 Å². The lowest BCUT2D eigenvalue weighted by molar-refractivity contribution is -0.159. The molecule has 0 saturated carbocycles. The standard InChI is InChI=1S/C18H33O6Si/c1-7-9-25(10-8-2)14(3)18(11-22-15(4)19,12-23-16(5)20)13-24-17(6)21/h14H,7-13H2,1-6H3. The molecule has 0 saturated heterocycles. The van der Waals surface area contributed by atoms with Gasteiger partial charge < -0.3 is 14.2 Å². The molecule has 1 atom stereocenters. The van der Waals surface area contributed by atoms with Gasteiger partial charge >= 0.3 is 17.9 Å². The largest absolute Gasteiger partial charge is 0.465 e. The van der Waals surface area contributed by atoms with Gasteiger partial charge in [-0.3, -0.25) is 14.4 Å². The Morgan fingerprint density at radius 1 is 0.800 bits per heavy atom. The molecule has 0 aromatic carbocycles. The molecule has 7 heteroatoms. The van der Waals surface area contributed by atoms with Crippen LogP contribution in [0.3, 0.4) is 0 Å². The van der Waals surface area contributed by atoms with Gasteiger partial charge in [-0.2, -0.15) is 0 Å². The molecular weight excluding hydrogens is 340 g/mol. The van der Waals surface area contributed by atoms with Crippen LogP contribution in [0.1, 0.15) is 54.4 Å². The maximum atomic E-state index is 11.4. The van der Waals surface area contributed by atoms with Crippen molar-refractivity contribution in [2.45, 2.75) is 72.0 Å². The smallest absolute Gasteiger partial charge is 0.302 e. The predicted molar refractivity (Wildman–Crippen MR) is 97.7 cm³/mol. The third-order valence-electron chi connectivity index (χ3n) is 4.36. The highest BCUT2D eigenvalue weighted by Crippen LogP contribution is 2.39. The third-order valence-corrected chi connectivity index (χ3v) is 8.48. The number of rotatable bonds is 12. The Kier molecular flexibility index (Phi) is 11.4. The first-order valence-electron chi connectivity index (χ1n) is 8.93. The Hall–Kier alpha value is -1.37. The first-order chi connectivity index (χ1) is 11.7. The van der Waals surface area contributed by atoms with E-state index in [9.17, 15) is 14.4 Å². The molecule has 0 fully saturated rings. The van der Waals surface area contributed by atoms with Gasteiger partial charge in [-0.05, 0) is 5.54 Å². The van der Waals surface area contributed by atoms with E-state index in [1.165, 1.54) is 20.8 Å². The Morgan fingerprint density at radius 2 is 1.12 bits per heavy atom. The molecule has 0 bridgehead atoms. The van der Waals surface area contributed by atoms with Gasteiger partial charge in [0.1, 0.15) is 19.8 Å². The minimum absolute atomic E-state index is 0.0751. The van der Waals surface area contributed by atoms with Crippen LogP contribution in [0.5, 0.6) is 0 Å². The summed E-state index contributed by atoms with van der Waals surface area (Å²) in [6.45, 7) is 10.7. The summed E-state index contributed by atoms with van der Waals surface area (Å²) >= 11 is 0. The van der Waals surface area contributed by atoms with E-state index in [1.807, 2.05) is 0 Å². The zero-order valence-corrected chi connectivity index (χ0v) is 17.5. The van der Waals surface area contributed by atoms with Gasteiger partial charge in [0.2, 0.25) is 0 Å². The normalized spacial score (nSPS) is 12.6. The molecule has 0 aromatic rings. The second-order valence-electron chi connectivity index (χ2n) is 6.58. The average Bonchev–Trinajstić information content (AvgIpc) is 2.53. The molecule has 0 aromatic heterocycles. The van der Waals surface area contributed by atoms with Crippen LogP contribution in [-0.2, 0) is 28.6 Å². The number of hydrogen-bond donors (Lipinski definition) is 0. The molecule has 6 nitrogen and oxygen atoms in total. The monoisotopic (exact) mass is 373 g/mol. The molecular formula is C18H33O6Si. The van der Waals surface area contributed by atoms with Crippen molar-refractivity contribution in [3.8, 4) is 0 Å². The van der Waals surface area contributed by atoms with Crippen LogP contribution in [-0.4, -0.2) is 46.5 Å². The molecule has 0 N–H and O–H groups in total. The van der Waals surface area contributed by atoms with Gasteiger partial charge in [-0.25, -0.2) is 0 Å². The summed E-state index contributed by atoms with van der Waals surface area (Å²) in [5.74, 6) is -1.20. The fourth-order valence-corrected chi connectivity index (χ4v) is 6.39. The van der Waals surface area contributed by atoms with Crippen molar-refractivity contribution >= 4 is 26.7 Å². The van der Waals surface area contributed by atoms with E-state index in [-0.39, 0.29) is 25.4 Å². The molecule has 0 spiro atoms. The number of carbonyl (C=O) groups excluding carboxylic acids is 3. The average molecular weight is 374 g/mol. The van der Waals surface area contributed by atoms with Crippen LogP contribution in [0.2, 0.25) is 17.6 Å². The highest BCUT2D eigenvalue weighted by Gasteiger charge is 2.44. The van der Waals surface area contributed by atoms with Crippen LogP contribution in [0.25, 0.3) is 0 Å². The number of carbonyl (C=O) groups is 3. The number of ether oxygens (including phenoxy) is 3. The first-order valence-corrected chi connectivity index (χ1v) is 10.9. The Bertz CT molecular complexity index is 386. The minimum atomic E-state index is -0.796. The van der Waals surface area contributed by atoms with Gasteiger partial charge in [0.25, 0.3) is 0 Å². The van der Waals surface area contributed by atoms with Crippen LogP contribution >= 0.6 is 0 Å². The Balaban J connectivity index is 5.64. The summed E-state index contributed by atoms with van der Waals surface area (Å²) in [7, 11) is -0.796. The molecule has 0 heterocycles. The summed E-state index contributed by atoms with van der Waals surface area (Å²) in [6, 6.07) is 2.23. The van der Waals surface area contributed by atoms with Crippen molar-refractivity contribution in [3.63, 3.8) is 0 Å². The van der Waals surface area contributed by atoms with E-state index in [1.54, 1.807) is 0 Å². The van der Waals surface area contributed by atoms with Crippen LogP contribution in [0.4, 0.5) is 0 Å². The van der Waals surface area contributed by atoms with E-state index in [2.05, 4.69) is 20.8 Å². The van der Waals surface area contributed by atoms with E-state index in [4.69, 9.17) is 14.2 Å². The van der Waals surface area contributed by atoms with Crippen molar-refractivity contribution in [1.29, 1.82) is 0 Å². The summed E-state index contributed by atoms with van der Waals surface area (Å²) in [5.41, 5.74) is -0.558. The van der Waals surface area contributed by atoms with Gasteiger partial charge in [-0.1, -0.05) is 45.7 Å². The molecule has 1 unspecified atom stereocenters. The maximum Gasteiger partial charge on any atom is 0.302 e. The molecule has 0 aliphatic rings. The summed E-state index contributed by atoms with van der Waals surface area (Å²) in [6.07, 6.45) is 2.15. The summed E-state index contributed by atoms with van der Waals surface area (Å²) in [4.78, 5) is 34.1. The van der Waals surface area contributed by atoms with Crippen molar-refractivity contribution < 1.29 is 28.6 Å². The highest BCUT2D eigenvalue weighted by molar-refractivity contribution is 6.60. The molecule has 1 radical (unpaired) electrons. The molecule has 0 rings (SSSR count). The maximum absolute atomic E-state index is 11.4. The second-order valence-corrected chi connectivity index (χ2v) is 9.77. The fraction of sp³-hybridized carbons (Fsp3) is 0.833. The molecule has 145 valence electrons. The van der Waals surface area contributed by atoms with E-state index in [0.29, 0.717) is 0 Å². The van der Waals surface area contributed by atoms with Gasteiger partial charge in [0, 0.05) is 20.8 Å². The Morgan fingerprint density at radius 3 is 1.36 bits per heavy atom. The lowest BCUT2D eigenvalue weighted by Gasteiger charge is -2.40. The van der Waals surface area contributed by atoms with E-state index >= 15 is 0 Å². The molecule has 0 aliphatic heterocycles. The van der Waals surface area contributed by atoms with Gasteiger partial charge in [0.15, 0.2) is 0 Å². The van der Waals surface area contributed by atoms with Crippen LogP contribution in [0.15, 0.2) is 0 Å². The summed E-state index contributed by atoms with van der Waals surface area (Å²) < 4.78 is 15.9. The second kappa shape index (κ2) is 12.1. The van der Waals surface area contributed by atoms with Crippen molar-refractivity contribution in [2.75, 3.05) is 19.8 Å². The van der Waals surface area contributed by atoms with E-state index in [0.717, 1.165) is 24.9 Å². The SMILES string of the molecule is CCC[Si](CCC)C(C)C(COC(C)=O)(COC(C)=O)COC(C)=O. The lowest BCUT2D eigenvalue weighted by Crippen LogP contribution is -2.46. The predicted octanol–water partition coefficient (Wildman–Crippen LogP) is 3.37. The highest BCUT2D eigenvalue weighted by atomic mass is 28.3. The molecule has 0 amide bonds. The van der Waals surface area contributed by atoms with Crippen molar-refractivity contribution in [3.05, 3.63) is 0 Å². The molecule has 25 heavy (non-hydrogen) atoms. The quantitative estimate of drug-likeness (QED) is 0.296. The minimum Gasteiger partial charge on any atom is -0.465 e. The number of esters is 3. The van der Waals surface area contributed by atoms with Crippen LogP contribution in [0, 0.1) is 5.41 Å². The number of hydrogen-bond acceptors (Lipinski definition) is 6. The lowest BCUT2D eigenvalue weighted by atomic mass is 9.87. The first kappa shape index (κ1) is 23.6. The fourth-order valence-electron chi connectivity index (χ4n) is 2.87. The molecule has 0 aliphatic carbocycles. The third kappa shape index (κ3) is 9.04. The zero-order chi connectivity index (χ0) is 19.5.